The molecule has 0 saturated heterocycles. The molecular weight excluding hydrogens is 321 g/mol. The van der Waals surface area contributed by atoms with Crippen LogP contribution in [0.25, 0.3) is 22.4 Å². The van der Waals surface area contributed by atoms with Crippen LogP contribution in [0, 0.1) is 5.82 Å². The van der Waals surface area contributed by atoms with Gasteiger partial charge in [0.15, 0.2) is 0 Å². The third-order valence-corrected chi connectivity index (χ3v) is 3.63. The van der Waals surface area contributed by atoms with E-state index in [0.717, 1.165) is 11.0 Å². The molecule has 25 heavy (non-hydrogen) atoms. The molecule has 0 saturated carbocycles. The van der Waals surface area contributed by atoms with Crippen molar-refractivity contribution in [3.05, 3.63) is 72.6 Å². The van der Waals surface area contributed by atoms with Crippen molar-refractivity contribution in [2.75, 3.05) is 5.32 Å². The third-order valence-electron chi connectivity index (χ3n) is 3.63. The van der Waals surface area contributed by atoms with Crippen molar-refractivity contribution in [2.24, 2.45) is 0 Å². The highest BCUT2D eigenvalue weighted by atomic mass is 19.1. The standard InChI is InChI=1S/C18H12FN5O/c19-12-3-1-2-11(8-12)17-23-14-5-4-13(9-15(14)24-17)22-18(25)16-10-20-6-7-21-16/h1-10H,(H,22,25)(H,23,24). The number of aromatic amines is 1. The first-order valence-electron chi connectivity index (χ1n) is 7.52. The highest BCUT2D eigenvalue weighted by Gasteiger charge is 2.10. The molecule has 4 aromatic rings. The van der Waals surface area contributed by atoms with Crippen molar-refractivity contribution < 1.29 is 9.18 Å². The van der Waals surface area contributed by atoms with E-state index in [1.165, 1.54) is 30.7 Å². The molecule has 0 fully saturated rings. The van der Waals surface area contributed by atoms with Crippen LogP contribution in [0.4, 0.5) is 10.1 Å². The zero-order valence-corrected chi connectivity index (χ0v) is 12.9. The number of hydrogen-bond acceptors (Lipinski definition) is 4. The largest absolute Gasteiger partial charge is 0.338 e. The smallest absolute Gasteiger partial charge is 0.275 e. The van der Waals surface area contributed by atoms with Crippen molar-refractivity contribution in [2.45, 2.75) is 0 Å². The van der Waals surface area contributed by atoms with Crippen molar-refractivity contribution in [3.63, 3.8) is 0 Å². The minimum Gasteiger partial charge on any atom is -0.338 e. The molecule has 2 aromatic carbocycles. The molecule has 0 aliphatic rings. The Morgan fingerprint density at radius 2 is 2.04 bits per heavy atom. The quantitative estimate of drug-likeness (QED) is 0.602. The van der Waals surface area contributed by atoms with Gasteiger partial charge >= 0.3 is 0 Å². The van der Waals surface area contributed by atoms with Crippen LogP contribution in [-0.2, 0) is 0 Å². The summed E-state index contributed by atoms with van der Waals surface area (Å²) in [6, 6.07) is 11.5. The molecule has 0 atom stereocenters. The lowest BCUT2D eigenvalue weighted by molar-refractivity contribution is 0.102. The number of carbonyl (C=O) groups is 1. The van der Waals surface area contributed by atoms with Crippen LogP contribution in [-0.4, -0.2) is 25.8 Å². The molecule has 1 amide bonds. The molecule has 0 aliphatic heterocycles. The number of anilines is 1. The summed E-state index contributed by atoms with van der Waals surface area (Å²) >= 11 is 0. The zero-order valence-electron chi connectivity index (χ0n) is 12.9. The SMILES string of the molecule is O=C(Nc1ccc2nc(-c3cccc(F)c3)[nH]c2c1)c1cnccn1. The first-order valence-corrected chi connectivity index (χ1v) is 7.52. The zero-order chi connectivity index (χ0) is 17.2. The van der Waals surface area contributed by atoms with Gasteiger partial charge in [0.1, 0.15) is 17.3 Å². The topological polar surface area (TPSA) is 83.6 Å². The average Bonchev–Trinajstić information content (AvgIpc) is 3.06. The Morgan fingerprint density at radius 3 is 2.84 bits per heavy atom. The number of aromatic nitrogens is 4. The van der Waals surface area contributed by atoms with Gasteiger partial charge in [0.25, 0.3) is 5.91 Å². The van der Waals surface area contributed by atoms with Crippen LogP contribution in [0.5, 0.6) is 0 Å². The molecule has 0 bridgehead atoms. The van der Waals surface area contributed by atoms with Crippen LogP contribution in [0.2, 0.25) is 0 Å². The van der Waals surface area contributed by atoms with Gasteiger partial charge in [0, 0.05) is 23.6 Å². The average molecular weight is 333 g/mol. The lowest BCUT2D eigenvalue weighted by atomic mass is 10.2. The predicted molar refractivity (Wildman–Crippen MR) is 91.5 cm³/mol. The lowest BCUT2D eigenvalue weighted by Gasteiger charge is -2.03. The van der Waals surface area contributed by atoms with Crippen molar-refractivity contribution >= 4 is 22.6 Å². The lowest BCUT2D eigenvalue weighted by Crippen LogP contribution is -2.13. The normalized spacial score (nSPS) is 10.8. The summed E-state index contributed by atoms with van der Waals surface area (Å²) in [5.41, 5.74) is 2.93. The second kappa shape index (κ2) is 6.12. The molecule has 0 spiro atoms. The second-order valence-electron chi connectivity index (χ2n) is 5.37. The van der Waals surface area contributed by atoms with Gasteiger partial charge in [-0.15, -0.1) is 0 Å². The molecule has 4 rings (SSSR count). The third kappa shape index (κ3) is 3.07. The van der Waals surface area contributed by atoms with E-state index in [1.807, 2.05) is 0 Å². The fourth-order valence-electron chi connectivity index (χ4n) is 2.47. The van der Waals surface area contributed by atoms with Crippen LogP contribution >= 0.6 is 0 Å². The summed E-state index contributed by atoms with van der Waals surface area (Å²) in [6.45, 7) is 0. The van der Waals surface area contributed by atoms with E-state index in [-0.39, 0.29) is 17.4 Å². The van der Waals surface area contributed by atoms with E-state index < -0.39 is 0 Å². The van der Waals surface area contributed by atoms with Gasteiger partial charge in [-0.3, -0.25) is 9.78 Å². The van der Waals surface area contributed by atoms with Crippen LogP contribution < -0.4 is 5.32 Å². The van der Waals surface area contributed by atoms with Gasteiger partial charge in [0.2, 0.25) is 0 Å². The first-order chi connectivity index (χ1) is 12.2. The van der Waals surface area contributed by atoms with Gasteiger partial charge in [0.05, 0.1) is 17.2 Å². The maximum atomic E-state index is 13.4. The van der Waals surface area contributed by atoms with Crippen LogP contribution in [0.3, 0.4) is 0 Å². The first kappa shape index (κ1) is 14.9. The molecular formula is C18H12FN5O. The molecule has 2 aromatic heterocycles. The van der Waals surface area contributed by atoms with Crippen LogP contribution in [0.15, 0.2) is 61.1 Å². The van der Waals surface area contributed by atoms with E-state index >= 15 is 0 Å². The Morgan fingerprint density at radius 1 is 1.12 bits per heavy atom. The molecule has 6 nitrogen and oxygen atoms in total. The number of carbonyl (C=O) groups excluding carboxylic acids is 1. The summed E-state index contributed by atoms with van der Waals surface area (Å²) in [4.78, 5) is 27.5. The highest BCUT2D eigenvalue weighted by molar-refractivity contribution is 6.03. The number of H-pyrrole nitrogens is 1. The predicted octanol–water partition coefficient (Wildman–Crippen LogP) is 3.41. The number of halogens is 1. The number of fused-ring (bicyclic) bond motifs is 1. The van der Waals surface area contributed by atoms with Crippen molar-refractivity contribution in [3.8, 4) is 11.4 Å². The Labute approximate surface area is 141 Å². The van der Waals surface area contributed by atoms with E-state index in [0.29, 0.717) is 17.1 Å². The summed E-state index contributed by atoms with van der Waals surface area (Å²) in [5, 5.41) is 2.76. The van der Waals surface area contributed by atoms with E-state index in [4.69, 9.17) is 0 Å². The summed E-state index contributed by atoms with van der Waals surface area (Å²) < 4.78 is 13.4. The van der Waals surface area contributed by atoms with Gasteiger partial charge in [-0.05, 0) is 30.3 Å². The number of nitrogens with one attached hydrogen (secondary N) is 2. The van der Waals surface area contributed by atoms with Gasteiger partial charge < -0.3 is 10.3 Å². The van der Waals surface area contributed by atoms with Gasteiger partial charge in [-0.1, -0.05) is 12.1 Å². The van der Waals surface area contributed by atoms with E-state index in [2.05, 4.69) is 25.3 Å². The molecule has 7 heteroatoms. The number of nitrogens with zero attached hydrogens (tertiary/aromatic N) is 3. The summed E-state index contributed by atoms with van der Waals surface area (Å²) in [6.07, 6.45) is 4.35. The van der Waals surface area contributed by atoms with E-state index in [1.54, 1.807) is 30.3 Å². The van der Waals surface area contributed by atoms with Gasteiger partial charge in [-0.2, -0.15) is 0 Å². The number of hydrogen-bond donors (Lipinski definition) is 2. The maximum absolute atomic E-state index is 13.4. The van der Waals surface area contributed by atoms with E-state index in [9.17, 15) is 9.18 Å². The Hall–Kier alpha value is -3.61. The minimum absolute atomic E-state index is 0.229. The fourth-order valence-corrected chi connectivity index (χ4v) is 2.47. The number of imidazole rings is 1. The summed E-state index contributed by atoms with van der Waals surface area (Å²) in [7, 11) is 0. The molecule has 0 radical (unpaired) electrons. The number of amides is 1. The minimum atomic E-state index is -0.350. The highest BCUT2D eigenvalue weighted by Crippen LogP contribution is 2.23. The molecule has 0 unspecified atom stereocenters. The molecule has 0 aliphatic carbocycles. The second-order valence-corrected chi connectivity index (χ2v) is 5.37. The monoisotopic (exact) mass is 333 g/mol. The molecule has 2 N–H and O–H groups in total. The van der Waals surface area contributed by atoms with Crippen molar-refractivity contribution in [1.82, 2.24) is 19.9 Å². The Bertz CT molecular complexity index is 1060. The molecule has 2 heterocycles. The van der Waals surface area contributed by atoms with Gasteiger partial charge in [-0.25, -0.2) is 14.4 Å². The Kier molecular flexibility index (Phi) is 3.66. The van der Waals surface area contributed by atoms with Crippen molar-refractivity contribution in [1.29, 1.82) is 0 Å². The fraction of sp³-hybridized carbons (Fsp3) is 0. The number of benzene rings is 2. The number of rotatable bonds is 3. The van der Waals surface area contributed by atoms with Crippen LogP contribution in [0.1, 0.15) is 10.5 Å². The summed E-state index contributed by atoms with van der Waals surface area (Å²) in [5.74, 6) is -0.112. The maximum Gasteiger partial charge on any atom is 0.275 e. The Balaban J connectivity index is 1.63. The molecule has 122 valence electrons.